The van der Waals surface area contributed by atoms with Crippen LogP contribution in [0.15, 0.2) is 14.7 Å². The molecule has 0 aliphatic heterocycles. The highest BCUT2D eigenvalue weighted by molar-refractivity contribution is 7.98. The molecule has 0 amide bonds. The Morgan fingerprint density at radius 3 is 2.46 bits per heavy atom. The first kappa shape index (κ1) is 10.0. The Bertz CT molecular complexity index is 376. The first-order valence-electron chi connectivity index (χ1n) is 3.83. The van der Waals surface area contributed by atoms with Crippen molar-refractivity contribution in [1.29, 1.82) is 0 Å². The van der Waals surface area contributed by atoms with Crippen molar-refractivity contribution in [2.45, 2.75) is 25.0 Å². The number of hydrogen-bond acceptors (Lipinski definition) is 4. The zero-order chi connectivity index (χ0) is 10.0. The van der Waals surface area contributed by atoms with E-state index in [1.165, 1.54) is 11.8 Å². The highest BCUT2D eigenvalue weighted by Crippen LogP contribution is 2.02. The lowest BCUT2D eigenvalue weighted by Gasteiger charge is -2.06. The Morgan fingerprint density at radius 2 is 2.08 bits per heavy atom. The molecule has 0 bridgehead atoms. The summed E-state index contributed by atoms with van der Waals surface area (Å²) in [6.07, 6.45) is 1.75. The molecule has 0 atom stereocenters. The quantitative estimate of drug-likeness (QED) is 0.696. The summed E-state index contributed by atoms with van der Waals surface area (Å²) in [4.78, 5) is 28.8. The summed E-state index contributed by atoms with van der Waals surface area (Å²) in [7, 11) is 0. The van der Waals surface area contributed by atoms with Crippen molar-refractivity contribution in [1.82, 2.24) is 14.5 Å². The van der Waals surface area contributed by atoms with Crippen molar-refractivity contribution in [3.05, 3.63) is 21.0 Å². The number of nitrogens with zero attached hydrogens (tertiary/aromatic N) is 2. The molecule has 1 heterocycles. The zero-order valence-electron chi connectivity index (χ0n) is 7.70. The predicted octanol–water partition coefficient (Wildman–Crippen LogP) is 0.234. The third-order valence-corrected chi connectivity index (χ3v) is 2.13. The Morgan fingerprint density at radius 1 is 1.46 bits per heavy atom. The van der Waals surface area contributed by atoms with Gasteiger partial charge in [0.05, 0.1) is 0 Å². The first-order chi connectivity index (χ1) is 6.06. The lowest BCUT2D eigenvalue weighted by Crippen LogP contribution is -2.38. The Hall–Kier alpha value is -1.04. The summed E-state index contributed by atoms with van der Waals surface area (Å²) in [6.45, 7) is 3.52. The van der Waals surface area contributed by atoms with Crippen molar-refractivity contribution in [3.8, 4) is 0 Å². The first-order valence-corrected chi connectivity index (χ1v) is 5.05. The summed E-state index contributed by atoms with van der Waals surface area (Å²) in [5, 5.41) is 0.354. The van der Waals surface area contributed by atoms with Gasteiger partial charge in [0.2, 0.25) is 0 Å². The average molecular weight is 201 g/mol. The van der Waals surface area contributed by atoms with Gasteiger partial charge in [0.1, 0.15) is 0 Å². The second-order valence-corrected chi connectivity index (χ2v) is 3.59. The molecular weight excluding hydrogens is 190 g/mol. The van der Waals surface area contributed by atoms with Crippen molar-refractivity contribution in [2.24, 2.45) is 0 Å². The molecule has 0 aromatic carbocycles. The largest absolute Gasteiger partial charge is 0.354 e. The van der Waals surface area contributed by atoms with Crippen molar-refractivity contribution < 1.29 is 0 Å². The number of aromatic nitrogens is 3. The number of thioether (sulfide) groups is 1. The molecule has 1 aromatic heterocycles. The van der Waals surface area contributed by atoms with Gasteiger partial charge in [0.15, 0.2) is 5.16 Å². The topological polar surface area (TPSA) is 67.8 Å². The molecule has 0 unspecified atom stereocenters. The Kier molecular flexibility index (Phi) is 2.92. The minimum Gasteiger partial charge on any atom is -0.286 e. The van der Waals surface area contributed by atoms with Crippen LogP contribution in [0.25, 0.3) is 0 Å². The van der Waals surface area contributed by atoms with E-state index < -0.39 is 11.4 Å². The number of rotatable bonds is 2. The maximum Gasteiger partial charge on any atom is 0.354 e. The fourth-order valence-electron chi connectivity index (χ4n) is 0.959. The van der Waals surface area contributed by atoms with Gasteiger partial charge in [-0.2, -0.15) is 4.98 Å². The molecule has 0 aliphatic rings. The molecule has 0 aliphatic carbocycles. The molecule has 5 nitrogen and oxygen atoms in total. The zero-order valence-corrected chi connectivity index (χ0v) is 8.51. The summed E-state index contributed by atoms with van der Waals surface area (Å²) < 4.78 is 1.08. The maximum absolute atomic E-state index is 11.3. The number of nitrogens with one attached hydrogen (secondary N) is 1. The Labute approximate surface area is 79.2 Å². The predicted molar refractivity (Wildman–Crippen MR) is 51.3 cm³/mol. The SMILES string of the molecule is CSc1nc(=O)n(C(C)C)c(=O)[nH]1. The smallest absolute Gasteiger partial charge is 0.286 e. The summed E-state index contributed by atoms with van der Waals surface area (Å²) in [5.41, 5.74) is -0.901. The molecule has 0 radical (unpaired) electrons. The van der Waals surface area contributed by atoms with E-state index >= 15 is 0 Å². The maximum atomic E-state index is 11.3. The third-order valence-electron chi connectivity index (χ3n) is 1.55. The van der Waals surface area contributed by atoms with E-state index in [1.54, 1.807) is 20.1 Å². The van der Waals surface area contributed by atoms with Gasteiger partial charge < -0.3 is 0 Å². The van der Waals surface area contributed by atoms with Crippen LogP contribution in [0.5, 0.6) is 0 Å². The van der Waals surface area contributed by atoms with Crippen LogP contribution in [-0.4, -0.2) is 20.8 Å². The minimum absolute atomic E-state index is 0.167. The van der Waals surface area contributed by atoms with Crippen LogP contribution < -0.4 is 11.4 Å². The van der Waals surface area contributed by atoms with Gasteiger partial charge in [-0.25, -0.2) is 14.2 Å². The summed E-state index contributed by atoms with van der Waals surface area (Å²) >= 11 is 1.24. The van der Waals surface area contributed by atoms with E-state index in [0.29, 0.717) is 5.16 Å². The highest BCUT2D eigenvalue weighted by atomic mass is 32.2. The fourth-order valence-corrected chi connectivity index (χ4v) is 1.32. The summed E-state index contributed by atoms with van der Waals surface area (Å²) in [6, 6.07) is -0.167. The lowest BCUT2D eigenvalue weighted by molar-refractivity contribution is 0.515. The van der Waals surface area contributed by atoms with E-state index in [4.69, 9.17) is 0 Å². The standard InChI is InChI=1S/C7H11N3O2S/c1-4(2)10-6(11)8-5(13-3)9-7(10)12/h4H,1-3H3,(H,8,9,11,12). The van der Waals surface area contributed by atoms with E-state index in [2.05, 4.69) is 9.97 Å². The van der Waals surface area contributed by atoms with Crippen molar-refractivity contribution >= 4 is 11.8 Å². The minimum atomic E-state index is -0.497. The van der Waals surface area contributed by atoms with Gasteiger partial charge in [0.25, 0.3) is 0 Å². The number of H-pyrrole nitrogens is 1. The fraction of sp³-hybridized carbons (Fsp3) is 0.571. The van der Waals surface area contributed by atoms with Crippen LogP contribution in [0.2, 0.25) is 0 Å². The van der Waals surface area contributed by atoms with Gasteiger partial charge >= 0.3 is 11.4 Å². The van der Waals surface area contributed by atoms with Crippen molar-refractivity contribution in [3.63, 3.8) is 0 Å². The van der Waals surface area contributed by atoms with Crippen LogP contribution in [0, 0.1) is 0 Å². The monoisotopic (exact) mass is 201 g/mol. The van der Waals surface area contributed by atoms with Crippen LogP contribution >= 0.6 is 11.8 Å². The lowest BCUT2D eigenvalue weighted by atomic mass is 10.4. The number of hydrogen-bond donors (Lipinski definition) is 1. The number of aromatic amines is 1. The molecule has 6 heteroatoms. The normalized spacial score (nSPS) is 10.8. The third kappa shape index (κ3) is 2.00. The van der Waals surface area contributed by atoms with Gasteiger partial charge in [-0.05, 0) is 20.1 Å². The van der Waals surface area contributed by atoms with Crippen LogP contribution in [0.1, 0.15) is 19.9 Å². The molecule has 1 N–H and O–H groups in total. The molecular formula is C7H11N3O2S. The van der Waals surface area contributed by atoms with E-state index in [0.717, 1.165) is 4.57 Å². The second kappa shape index (κ2) is 3.78. The Balaban J connectivity index is 3.41. The van der Waals surface area contributed by atoms with E-state index in [1.807, 2.05) is 0 Å². The van der Waals surface area contributed by atoms with Crippen LogP contribution in [-0.2, 0) is 0 Å². The second-order valence-electron chi connectivity index (χ2n) is 2.80. The average Bonchev–Trinajstić information content (AvgIpc) is 2.02. The molecule has 1 aromatic rings. The molecule has 72 valence electrons. The van der Waals surface area contributed by atoms with Gasteiger partial charge in [0, 0.05) is 6.04 Å². The molecule has 1 rings (SSSR count). The van der Waals surface area contributed by atoms with Crippen LogP contribution in [0.4, 0.5) is 0 Å². The summed E-state index contributed by atoms with van der Waals surface area (Å²) in [5.74, 6) is 0. The van der Waals surface area contributed by atoms with E-state index in [-0.39, 0.29) is 6.04 Å². The molecule has 0 saturated heterocycles. The van der Waals surface area contributed by atoms with E-state index in [9.17, 15) is 9.59 Å². The van der Waals surface area contributed by atoms with Gasteiger partial charge in [-0.3, -0.25) is 4.98 Å². The van der Waals surface area contributed by atoms with Crippen molar-refractivity contribution in [2.75, 3.05) is 6.26 Å². The van der Waals surface area contributed by atoms with Gasteiger partial charge in [-0.1, -0.05) is 11.8 Å². The van der Waals surface area contributed by atoms with Crippen LogP contribution in [0.3, 0.4) is 0 Å². The van der Waals surface area contributed by atoms with Gasteiger partial charge in [-0.15, -0.1) is 0 Å². The molecule has 0 saturated carbocycles. The molecule has 13 heavy (non-hydrogen) atoms. The molecule has 0 spiro atoms. The molecule has 0 fully saturated rings. The highest BCUT2D eigenvalue weighted by Gasteiger charge is 2.07.